The van der Waals surface area contributed by atoms with Crippen molar-refractivity contribution in [3.63, 3.8) is 0 Å². The van der Waals surface area contributed by atoms with E-state index in [9.17, 15) is 28.5 Å². The van der Waals surface area contributed by atoms with Crippen molar-refractivity contribution in [1.29, 1.82) is 0 Å². The summed E-state index contributed by atoms with van der Waals surface area (Å²) in [6.45, 7) is -3.45. The van der Waals surface area contributed by atoms with Crippen molar-refractivity contribution in [2.45, 2.75) is 13.2 Å². The lowest BCUT2D eigenvalue weighted by molar-refractivity contribution is -0.384. The van der Waals surface area contributed by atoms with Crippen molar-refractivity contribution in [2.75, 3.05) is 12.4 Å². The van der Waals surface area contributed by atoms with E-state index in [1.165, 1.54) is 49.5 Å². The number of carbonyl (C=O) groups is 2. The normalized spacial score (nSPS) is 11.0. The van der Waals surface area contributed by atoms with Gasteiger partial charge < -0.3 is 10.1 Å². The lowest BCUT2D eigenvalue weighted by Crippen LogP contribution is -2.14. The molecular weight excluding hydrogens is 462 g/mol. The number of fused-ring (bicyclic) bond motifs is 1. The van der Waals surface area contributed by atoms with E-state index in [0.29, 0.717) is 10.1 Å². The van der Waals surface area contributed by atoms with Gasteiger partial charge in [0.25, 0.3) is 5.69 Å². The minimum absolute atomic E-state index is 0.00422. The van der Waals surface area contributed by atoms with Crippen LogP contribution in [0.4, 0.5) is 20.2 Å². The van der Waals surface area contributed by atoms with Crippen LogP contribution in [0.25, 0.3) is 11.0 Å². The van der Waals surface area contributed by atoms with Gasteiger partial charge in [-0.15, -0.1) is 0 Å². The highest BCUT2D eigenvalue weighted by Crippen LogP contribution is 2.27. The summed E-state index contributed by atoms with van der Waals surface area (Å²) >= 11 is 0. The molecule has 0 saturated heterocycles. The minimum Gasteiger partial charge on any atom is -0.454 e. The molecule has 0 spiro atoms. The number of hydrogen-bond donors (Lipinski definition) is 1. The number of aromatic nitrogens is 2. The first-order chi connectivity index (χ1) is 16.8. The summed E-state index contributed by atoms with van der Waals surface area (Å²) in [6.07, 6.45) is 0. The summed E-state index contributed by atoms with van der Waals surface area (Å²) < 4.78 is 33.2. The molecule has 1 aromatic heterocycles. The Morgan fingerprint density at radius 1 is 1.09 bits per heavy atom. The van der Waals surface area contributed by atoms with Gasteiger partial charge in [-0.05, 0) is 30.3 Å². The smallest absolute Gasteiger partial charge is 0.339 e. The number of para-hydroxylation sites is 2. The second kappa shape index (κ2) is 9.67. The SMILES string of the molecule is CNc1ccc(C(=O)c2ccccc2C(=O)OCc2nc3ccccc3n2C(F)F)cc1[N+](=O)[O-]. The lowest BCUT2D eigenvalue weighted by Gasteiger charge is -2.11. The number of imidazole rings is 1. The number of hydrogen-bond acceptors (Lipinski definition) is 7. The van der Waals surface area contributed by atoms with Crippen LogP contribution in [0.1, 0.15) is 38.7 Å². The second-order valence-corrected chi connectivity index (χ2v) is 7.35. The number of carbonyl (C=O) groups excluding carboxylic acids is 2. The summed E-state index contributed by atoms with van der Waals surface area (Å²) in [6, 6.07) is 15.9. The average molecular weight is 480 g/mol. The van der Waals surface area contributed by atoms with Crippen molar-refractivity contribution in [2.24, 2.45) is 0 Å². The van der Waals surface area contributed by atoms with Crippen LogP contribution in [0, 0.1) is 10.1 Å². The van der Waals surface area contributed by atoms with Crippen LogP contribution in [0.5, 0.6) is 0 Å². The number of benzene rings is 3. The Labute approximate surface area is 197 Å². The zero-order valence-electron chi connectivity index (χ0n) is 18.3. The number of nitrogens with zero attached hydrogens (tertiary/aromatic N) is 3. The molecular formula is C24H18F2N4O5. The maximum atomic E-state index is 13.6. The molecule has 11 heteroatoms. The molecule has 9 nitrogen and oxygen atoms in total. The number of nitro groups is 1. The summed E-state index contributed by atoms with van der Waals surface area (Å²) in [5, 5.41) is 14.0. The van der Waals surface area contributed by atoms with Crippen molar-refractivity contribution in [1.82, 2.24) is 9.55 Å². The number of alkyl halides is 2. The Hall–Kier alpha value is -4.67. The third kappa shape index (κ3) is 4.56. The van der Waals surface area contributed by atoms with E-state index < -0.39 is 29.8 Å². The molecule has 35 heavy (non-hydrogen) atoms. The van der Waals surface area contributed by atoms with E-state index in [4.69, 9.17) is 4.74 Å². The van der Waals surface area contributed by atoms with Crippen LogP contribution in [0.3, 0.4) is 0 Å². The van der Waals surface area contributed by atoms with Gasteiger partial charge in [-0.1, -0.05) is 30.3 Å². The fourth-order valence-corrected chi connectivity index (χ4v) is 3.67. The minimum atomic E-state index is -2.90. The summed E-state index contributed by atoms with van der Waals surface area (Å²) in [5.74, 6) is -1.72. The van der Waals surface area contributed by atoms with E-state index in [1.54, 1.807) is 18.2 Å². The Kier molecular flexibility index (Phi) is 6.49. The highest BCUT2D eigenvalue weighted by Gasteiger charge is 2.24. The van der Waals surface area contributed by atoms with Gasteiger partial charge in [0.2, 0.25) is 0 Å². The largest absolute Gasteiger partial charge is 0.454 e. The average Bonchev–Trinajstić information content (AvgIpc) is 3.25. The van der Waals surface area contributed by atoms with E-state index in [1.807, 2.05) is 0 Å². The number of halogens is 2. The van der Waals surface area contributed by atoms with Crippen LogP contribution < -0.4 is 5.32 Å². The van der Waals surface area contributed by atoms with Crippen molar-refractivity contribution >= 4 is 34.2 Å². The van der Waals surface area contributed by atoms with Crippen molar-refractivity contribution < 1.29 is 28.0 Å². The molecule has 0 radical (unpaired) electrons. The Bertz CT molecular complexity index is 1450. The Morgan fingerprint density at radius 3 is 2.46 bits per heavy atom. The first kappa shape index (κ1) is 23.5. The Balaban J connectivity index is 1.62. The van der Waals surface area contributed by atoms with Crippen LogP contribution in [0.2, 0.25) is 0 Å². The molecule has 0 bridgehead atoms. The zero-order chi connectivity index (χ0) is 25.1. The van der Waals surface area contributed by atoms with Crippen LogP contribution in [0.15, 0.2) is 66.7 Å². The molecule has 3 aromatic carbocycles. The van der Waals surface area contributed by atoms with Gasteiger partial charge in [0.05, 0.1) is 21.5 Å². The van der Waals surface area contributed by atoms with Crippen molar-refractivity contribution in [3.8, 4) is 0 Å². The van der Waals surface area contributed by atoms with Gasteiger partial charge in [0.1, 0.15) is 12.3 Å². The number of ketones is 1. The predicted molar refractivity (Wildman–Crippen MR) is 123 cm³/mol. The summed E-state index contributed by atoms with van der Waals surface area (Å²) in [4.78, 5) is 40.8. The molecule has 1 N–H and O–H groups in total. The predicted octanol–water partition coefficient (Wildman–Crippen LogP) is 4.97. The molecule has 0 amide bonds. The van der Waals surface area contributed by atoms with Gasteiger partial charge in [0, 0.05) is 24.2 Å². The molecule has 0 aliphatic heterocycles. The number of ether oxygens (including phenoxy) is 1. The highest BCUT2D eigenvalue weighted by atomic mass is 19.3. The third-order valence-electron chi connectivity index (χ3n) is 5.31. The molecule has 0 unspecified atom stereocenters. The zero-order valence-corrected chi connectivity index (χ0v) is 18.3. The molecule has 0 atom stereocenters. The number of rotatable bonds is 8. The topological polar surface area (TPSA) is 116 Å². The molecule has 0 aliphatic rings. The number of nitro benzene ring substituents is 1. The summed E-state index contributed by atoms with van der Waals surface area (Å²) in [5.41, 5.74) is 0.265. The maximum absolute atomic E-state index is 13.6. The van der Waals surface area contributed by atoms with Gasteiger partial charge in [-0.2, -0.15) is 8.78 Å². The van der Waals surface area contributed by atoms with Crippen LogP contribution >= 0.6 is 0 Å². The van der Waals surface area contributed by atoms with Gasteiger partial charge in [-0.25, -0.2) is 9.78 Å². The molecule has 0 saturated carbocycles. The molecule has 0 aliphatic carbocycles. The first-order valence-corrected chi connectivity index (χ1v) is 10.3. The first-order valence-electron chi connectivity index (χ1n) is 10.3. The summed E-state index contributed by atoms with van der Waals surface area (Å²) in [7, 11) is 1.51. The van der Waals surface area contributed by atoms with E-state index in [0.717, 1.165) is 6.07 Å². The van der Waals surface area contributed by atoms with Crippen LogP contribution in [-0.2, 0) is 11.3 Å². The lowest BCUT2D eigenvalue weighted by atomic mass is 9.97. The Morgan fingerprint density at radius 2 is 1.77 bits per heavy atom. The monoisotopic (exact) mass is 480 g/mol. The van der Waals surface area contributed by atoms with E-state index >= 15 is 0 Å². The van der Waals surface area contributed by atoms with Gasteiger partial charge >= 0.3 is 12.5 Å². The maximum Gasteiger partial charge on any atom is 0.339 e. The van der Waals surface area contributed by atoms with E-state index in [2.05, 4.69) is 10.3 Å². The molecule has 4 rings (SSSR count). The fourth-order valence-electron chi connectivity index (χ4n) is 3.67. The molecule has 1 heterocycles. The highest BCUT2D eigenvalue weighted by molar-refractivity contribution is 6.14. The van der Waals surface area contributed by atoms with E-state index in [-0.39, 0.29) is 39.4 Å². The van der Waals surface area contributed by atoms with Crippen molar-refractivity contribution in [3.05, 3.63) is 99.4 Å². The number of nitrogens with one attached hydrogen (secondary N) is 1. The molecule has 178 valence electrons. The standard InChI is InChI=1S/C24H18F2N4O5/c1-27-17-11-10-14(12-20(17)30(33)34)22(31)15-6-2-3-7-16(15)23(32)35-13-21-28-18-8-4-5-9-19(18)29(21)24(25)26/h2-12,24,27H,13H2,1H3. The number of anilines is 1. The molecule has 0 fully saturated rings. The van der Waals surface area contributed by atoms with Gasteiger partial charge in [-0.3, -0.25) is 19.5 Å². The molecule has 4 aromatic rings. The number of esters is 1. The third-order valence-corrected chi connectivity index (χ3v) is 5.31. The quantitative estimate of drug-likeness (QED) is 0.164. The fraction of sp³-hybridized carbons (Fsp3) is 0.125. The van der Waals surface area contributed by atoms with Crippen LogP contribution in [-0.4, -0.2) is 33.3 Å². The van der Waals surface area contributed by atoms with Gasteiger partial charge in [0.15, 0.2) is 11.6 Å². The second-order valence-electron chi connectivity index (χ2n) is 7.35.